The van der Waals surface area contributed by atoms with Gasteiger partial charge in [-0.15, -0.1) is 0 Å². The molecule has 95 heavy (non-hydrogen) atoms. The lowest BCUT2D eigenvalue weighted by Crippen LogP contribution is -2.59. The molecule has 13 atom stereocenters. The molecule has 8 N–H and O–H groups in total. The summed E-state index contributed by atoms with van der Waals surface area (Å²) in [6, 6.07) is 8.65. The Kier molecular flexibility index (Phi) is 33.9. The van der Waals surface area contributed by atoms with Crippen molar-refractivity contribution in [1.29, 1.82) is 0 Å². The minimum absolute atomic E-state index is 0.0000968. The summed E-state index contributed by atoms with van der Waals surface area (Å²) in [5.41, 5.74) is 7.06. The third kappa shape index (κ3) is 24.6. The first-order valence-electron chi connectivity index (χ1n) is 34.5. The highest BCUT2D eigenvalue weighted by molar-refractivity contribution is 5.97. The van der Waals surface area contributed by atoms with E-state index in [1.54, 1.807) is 73.4 Å². The van der Waals surface area contributed by atoms with Gasteiger partial charge in [0.2, 0.25) is 41.4 Å². The number of hydrogen-bond acceptors (Lipinski definition) is 15. The molecule has 0 aliphatic carbocycles. The van der Waals surface area contributed by atoms with Crippen LogP contribution in [0.15, 0.2) is 48.7 Å². The average Bonchev–Trinajstić information content (AvgIpc) is 1.80. The van der Waals surface area contributed by atoms with Crippen LogP contribution in [0.1, 0.15) is 158 Å². The lowest BCUT2D eigenvalue weighted by molar-refractivity contribution is -0.148. The normalized spacial score (nSPS) is 19.1. The Bertz CT molecular complexity index is 2800. The maximum Gasteiger partial charge on any atom is 0.312 e. The Hall–Kier alpha value is -6.89. The number of likely N-dealkylation sites (tertiary alicyclic amines) is 2. The van der Waals surface area contributed by atoms with E-state index in [2.05, 4.69) is 48.7 Å². The maximum absolute atomic E-state index is 14.6. The van der Waals surface area contributed by atoms with Gasteiger partial charge in [-0.25, -0.2) is 4.79 Å². The quantitative estimate of drug-likeness (QED) is 0.0383. The summed E-state index contributed by atoms with van der Waals surface area (Å²) < 4.78 is 12.2. The van der Waals surface area contributed by atoms with Crippen molar-refractivity contribution in [2.24, 2.45) is 53.1 Å². The van der Waals surface area contributed by atoms with Crippen LogP contribution in [0.2, 0.25) is 0 Å². The number of rotatable bonds is 40. The molecular formula is C71H116N12O12. The minimum atomic E-state index is -0.838. The number of carbonyl (C=O) groups excluding carboxylic acids is 10. The van der Waals surface area contributed by atoms with Crippen molar-refractivity contribution in [2.75, 3.05) is 73.9 Å². The molecule has 4 rings (SSSR count). The van der Waals surface area contributed by atoms with Crippen molar-refractivity contribution in [2.45, 2.75) is 208 Å². The Balaban J connectivity index is 1.43. The number of likely N-dealkylation sites (N-methyl/N-ethyl adjacent to an activating group) is 2. The Morgan fingerprint density at radius 1 is 0.747 bits per heavy atom. The smallest absolute Gasteiger partial charge is 0.312 e. The molecule has 2 aromatic rings. The topological polar surface area (TPSA) is 313 Å². The number of piperidine rings is 1. The number of carbonyl (C=O) groups is 10. The summed E-state index contributed by atoms with van der Waals surface area (Å²) in [5.74, 6) is -5.24. The van der Waals surface area contributed by atoms with Gasteiger partial charge in [0.25, 0.3) is 0 Å². The van der Waals surface area contributed by atoms with Gasteiger partial charge in [-0.3, -0.25) is 53.0 Å². The first kappa shape index (κ1) is 80.5. The molecule has 532 valence electrons. The zero-order valence-electron chi connectivity index (χ0n) is 59.8. The molecule has 9 amide bonds. The van der Waals surface area contributed by atoms with Crippen molar-refractivity contribution in [1.82, 2.24) is 51.2 Å². The van der Waals surface area contributed by atoms with Gasteiger partial charge in [0.15, 0.2) is 5.78 Å². The predicted molar refractivity (Wildman–Crippen MR) is 367 cm³/mol. The van der Waals surface area contributed by atoms with Crippen LogP contribution in [0.5, 0.6) is 0 Å². The number of pyridine rings is 1. The van der Waals surface area contributed by atoms with E-state index in [9.17, 15) is 47.9 Å². The number of methoxy groups -OCH3 is 2. The van der Waals surface area contributed by atoms with Crippen molar-refractivity contribution in [3.8, 4) is 0 Å². The molecule has 0 saturated carbocycles. The standard InChI is InChI=1S/C71H116N12O12/c1-17-46(8)64(81(14)70(92)62(44(4)5)79-69(91)63(45(6)7)80(12)13)58(94-15)41-60(87)83-35-21-25-55(83)65(95-16)48(10)56(84)40-52(38-54-24-18-19-32-74-54)67(89)76-42-49-27-29-53(30-28-49)77-68(90)50(23-20-33-75-71(72)93)39-57(85)61(43(2)3)78-59(86)26-22-34-82-36-31-51(37-47(82)9)66(88)73-11/h18-19,24,27-30,32,43-48,50-52,55,58,61-65H,17,20-23,25-26,31,33-42H2,1-16H3,(H,73,88)(H,76,89)(H,77,90)(H,78,86)(H,79,91)(H3,72,75,93)/t46-,47?,48-,50+,51?,52+,55-,58+,61-,62-,63-,64-,65+/m0/s1. The van der Waals surface area contributed by atoms with Gasteiger partial charge < -0.3 is 61.8 Å². The zero-order valence-corrected chi connectivity index (χ0v) is 59.8. The van der Waals surface area contributed by atoms with E-state index in [1.807, 2.05) is 80.5 Å². The summed E-state index contributed by atoms with van der Waals surface area (Å²) >= 11 is 0. The van der Waals surface area contributed by atoms with Crippen LogP contribution in [0.3, 0.4) is 0 Å². The molecular weight excluding hydrogens is 1210 g/mol. The lowest BCUT2D eigenvalue weighted by Gasteiger charge is -2.41. The molecule has 0 spiro atoms. The van der Waals surface area contributed by atoms with Gasteiger partial charge in [-0.05, 0) is 133 Å². The second kappa shape index (κ2) is 40.0. The summed E-state index contributed by atoms with van der Waals surface area (Å²) in [5, 5.41) is 17.2. The fourth-order valence-electron chi connectivity index (χ4n) is 13.7. The monoisotopic (exact) mass is 1330 g/mol. The molecule has 1 aromatic heterocycles. The molecule has 24 heteroatoms. The SMILES string of the molecule is CC[C@H](C)[C@@H]([C@@H](CC(=O)N1CCC[C@H]1[C@H](OC)[C@@H](C)C(=O)C[C@@H](Cc1ccccn1)C(=O)NCc1ccc(NC(=O)[C@H](CCCNC(N)=O)CC(=O)[C@@H](NC(=O)CCCN2CCC(C(=O)NC)CC2C)C(C)C)cc1)OC)N(C)C(=O)[C@@H](NC(=O)[C@H](C(C)C)N(C)C)C(C)C. The molecule has 24 nitrogen and oxygen atoms in total. The van der Waals surface area contributed by atoms with Crippen LogP contribution in [0.25, 0.3) is 0 Å². The molecule has 1 aromatic carbocycles. The number of ketones is 2. The van der Waals surface area contributed by atoms with Crippen molar-refractivity contribution in [3.05, 3.63) is 59.9 Å². The fourth-order valence-corrected chi connectivity index (χ4v) is 13.7. The van der Waals surface area contributed by atoms with E-state index in [0.717, 1.165) is 19.4 Å². The number of nitrogens with zero attached hydrogens (tertiary/aromatic N) is 5. The number of anilines is 1. The molecule has 2 fully saturated rings. The highest BCUT2D eigenvalue weighted by Crippen LogP contribution is 2.32. The number of urea groups is 1. The lowest BCUT2D eigenvalue weighted by atomic mass is 9.85. The van der Waals surface area contributed by atoms with Crippen LogP contribution in [0, 0.1) is 47.3 Å². The highest BCUT2D eigenvalue weighted by atomic mass is 16.5. The largest absolute Gasteiger partial charge is 0.379 e. The van der Waals surface area contributed by atoms with Gasteiger partial charge >= 0.3 is 6.03 Å². The fraction of sp³-hybridized carbons (Fsp3) is 0.704. The summed E-state index contributed by atoms with van der Waals surface area (Å²) in [6.07, 6.45) is 4.82. The summed E-state index contributed by atoms with van der Waals surface area (Å²) in [4.78, 5) is 149. The van der Waals surface area contributed by atoms with Gasteiger partial charge in [-0.1, -0.05) is 86.9 Å². The first-order valence-corrected chi connectivity index (χ1v) is 34.5. The number of amides is 9. The van der Waals surface area contributed by atoms with Crippen LogP contribution in [0.4, 0.5) is 10.5 Å². The second-order valence-corrected chi connectivity index (χ2v) is 27.7. The Labute approximate surface area is 565 Å². The number of aromatic nitrogens is 1. The number of nitrogens with one attached hydrogen (secondary N) is 6. The van der Waals surface area contributed by atoms with Crippen molar-refractivity contribution < 1.29 is 57.4 Å². The Morgan fingerprint density at radius 3 is 1.99 bits per heavy atom. The third-order valence-electron chi connectivity index (χ3n) is 19.4. The van der Waals surface area contributed by atoms with Gasteiger partial charge in [-0.2, -0.15) is 0 Å². The number of Topliss-reactive ketones (excluding diaryl/α,β-unsaturated/α-hetero) is 2. The van der Waals surface area contributed by atoms with Gasteiger partial charge in [0.05, 0.1) is 48.7 Å². The minimum Gasteiger partial charge on any atom is -0.379 e. The van der Waals surface area contributed by atoms with Crippen molar-refractivity contribution >= 4 is 64.6 Å². The van der Waals surface area contributed by atoms with E-state index >= 15 is 0 Å². The number of ether oxygens (including phenoxy) is 2. The van der Waals surface area contributed by atoms with E-state index < -0.39 is 72.1 Å². The number of benzene rings is 1. The average molecular weight is 1330 g/mol. The maximum atomic E-state index is 14.6. The van der Waals surface area contributed by atoms with Crippen LogP contribution in [-0.4, -0.2) is 201 Å². The van der Waals surface area contributed by atoms with Crippen LogP contribution in [-0.2, 0) is 65.6 Å². The Morgan fingerprint density at radius 2 is 1.42 bits per heavy atom. The molecule has 3 heterocycles. The van der Waals surface area contributed by atoms with Gasteiger partial charge in [0.1, 0.15) is 11.8 Å². The number of hydrogen-bond donors (Lipinski definition) is 7. The van der Waals surface area contributed by atoms with E-state index in [1.165, 1.54) is 14.2 Å². The van der Waals surface area contributed by atoms with E-state index in [4.69, 9.17) is 15.2 Å². The molecule has 0 radical (unpaired) electrons. The molecule has 0 bridgehead atoms. The van der Waals surface area contributed by atoms with Crippen molar-refractivity contribution in [3.63, 3.8) is 0 Å². The first-order chi connectivity index (χ1) is 45.0. The molecule has 2 aliphatic rings. The predicted octanol–water partition coefficient (Wildman–Crippen LogP) is 5.89. The molecule has 2 aliphatic heterocycles. The summed E-state index contributed by atoms with van der Waals surface area (Å²) in [7, 11) is 10.1. The van der Waals surface area contributed by atoms with Crippen LogP contribution >= 0.6 is 0 Å². The molecule has 2 saturated heterocycles. The van der Waals surface area contributed by atoms with E-state index in [0.29, 0.717) is 62.1 Å². The van der Waals surface area contributed by atoms with E-state index in [-0.39, 0.29) is 134 Å². The van der Waals surface area contributed by atoms with Gasteiger partial charge in [0, 0.05) is 115 Å². The summed E-state index contributed by atoms with van der Waals surface area (Å²) in [6.45, 7) is 21.5. The second-order valence-electron chi connectivity index (χ2n) is 27.7. The zero-order chi connectivity index (χ0) is 70.8. The third-order valence-corrected chi connectivity index (χ3v) is 19.4. The highest BCUT2D eigenvalue weighted by Gasteiger charge is 2.44. The number of primary amides is 1. The van der Waals surface area contributed by atoms with Crippen LogP contribution < -0.4 is 37.6 Å². The number of nitrogens with two attached hydrogens (primary N) is 1. The molecule has 2 unspecified atom stereocenters.